The fraction of sp³-hybridized carbons (Fsp3) is 0.222. The van der Waals surface area contributed by atoms with Crippen LogP contribution in [0.1, 0.15) is 28.8 Å². The Kier molecular flexibility index (Phi) is 6.47. The molecule has 0 saturated heterocycles. The smallest absolute Gasteiger partial charge is 0.311 e. The topological polar surface area (TPSA) is 55.4 Å². The number of amides is 1. The molecule has 0 heterocycles. The molecule has 0 atom stereocenters. The van der Waals surface area contributed by atoms with E-state index in [-0.39, 0.29) is 18.5 Å². The highest BCUT2D eigenvalue weighted by atomic mass is 35.5. The average molecular weight is 368 g/mol. The molecule has 2 aromatic carbocycles. The molecule has 4 nitrogen and oxygen atoms in total. The standard InChI is InChI=1S/C18H16ClF2NO3/c1-11-9-12(19)4-7-16(11)25-17(23)3-2-8-22-18(24)14-6-5-13(20)10-15(14)21/h4-7,9-10H,2-3,8H2,1H3,(H,22,24). The molecule has 0 saturated carbocycles. The molecule has 0 unspecified atom stereocenters. The predicted octanol–water partition coefficient (Wildman–Crippen LogP) is 4.04. The summed E-state index contributed by atoms with van der Waals surface area (Å²) < 4.78 is 31.5. The van der Waals surface area contributed by atoms with E-state index in [4.69, 9.17) is 16.3 Å². The lowest BCUT2D eigenvalue weighted by atomic mass is 10.2. The molecule has 1 N–H and O–H groups in total. The summed E-state index contributed by atoms with van der Waals surface area (Å²) in [5.41, 5.74) is 0.488. The predicted molar refractivity (Wildman–Crippen MR) is 89.7 cm³/mol. The summed E-state index contributed by atoms with van der Waals surface area (Å²) in [6.07, 6.45) is 0.397. The molecular weight excluding hydrogens is 352 g/mol. The van der Waals surface area contributed by atoms with Crippen LogP contribution in [0.3, 0.4) is 0 Å². The second kappa shape index (κ2) is 8.58. The summed E-state index contributed by atoms with van der Waals surface area (Å²) in [4.78, 5) is 23.6. The average Bonchev–Trinajstić information content (AvgIpc) is 2.54. The van der Waals surface area contributed by atoms with Crippen LogP contribution in [0.2, 0.25) is 5.02 Å². The maximum absolute atomic E-state index is 13.5. The van der Waals surface area contributed by atoms with Crippen molar-refractivity contribution >= 4 is 23.5 Å². The van der Waals surface area contributed by atoms with Gasteiger partial charge in [0, 0.05) is 24.1 Å². The van der Waals surface area contributed by atoms with Crippen LogP contribution in [-0.2, 0) is 4.79 Å². The fourth-order valence-electron chi connectivity index (χ4n) is 2.10. The van der Waals surface area contributed by atoms with Gasteiger partial charge in [-0.3, -0.25) is 9.59 Å². The number of carbonyl (C=O) groups excluding carboxylic acids is 2. The maximum Gasteiger partial charge on any atom is 0.311 e. The van der Waals surface area contributed by atoms with Gasteiger partial charge in [-0.1, -0.05) is 11.6 Å². The van der Waals surface area contributed by atoms with Gasteiger partial charge in [-0.05, 0) is 49.2 Å². The Morgan fingerprint density at radius 1 is 1.16 bits per heavy atom. The van der Waals surface area contributed by atoms with Crippen molar-refractivity contribution in [2.75, 3.05) is 6.54 Å². The Morgan fingerprint density at radius 2 is 1.92 bits per heavy atom. The Morgan fingerprint density at radius 3 is 2.60 bits per heavy atom. The number of nitrogens with one attached hydrogen (secondary N) is 1. The third-order valence-electron chi connectivity index (χ3n) is 3.38. The fourth-order valence-corrected chi connectivity index (χ4v) is 2.33. The monoisotopic (exact) mass is 367 g/mol. The normalized spacial score (nSPS) is 10.4. The van der Waals surface area contributed by atoms with Crippen LogP contribution in [0.4, 0.5) is 8.78 Å². The van der Waals surface area contributed by atoms with E-state index in [0.29, 0.717) is 23.3 Å². The largest absolute Gasteiger partial charge is 0.426 e. The zero-order valence-electron chi connectivity index (χ0n) is 13.4. The lowest BCUT2D eigenvalue weighted by Gasteiger charge is -2.08. The van der Waals surface area contributed by atoms with Crippen LogP contribution in [0.15, 0.2) is 36.4 Å². The molecule has 25 heavy (non-hydrogen) atoms. The minimum absolute atomic E-state index is 0.0776. The molecule has 0 aliphatic rings. The van der Waals surface area contributed by atoms with Gasteiger partial charge in [-0.2, -0.15) is 0 Å². The Hall–Kier alpha value is -2.47. The van der Waals surface area contributed by atoms with Gasteiger partial charge in [-0.15, -0.1) is 0 Å². The third-order valence-corrected chi connectivity index (χ3v) is 3.61. The summed E-state index contributed by atoms with van der Waals surface area (Å²) in [7, 11) is 0. The van der Waals surface area contributed by atoms with Crippen molar-refractivity contribution in [2.45, 2.75) is 19.8 Å². The van der Waals surface area contributed by atoms with E-state index in [1.54, 1.807) is 25.1 Å². The van der Waals surface area contributed by atoms with Gasteiger partial charge in [0.1, 0.15) is 17.4 Å². The number of esters is 1. The molecule has 7 heteroatoms. The van der Waals surface area contributed by atoms with E-state index >= 15 is 0 Å². The van der Waals surface area contributed by atoms with Crippen molar-refractivity contribution in [3.05, 3.63) is 64.2 Å². The number of halogens is 3. The Labute approximate surface area is 148 Å². The lowest BCUT2D eigenvalue weighted by Crippen LogP contribution is -2.26. The van der Waals surface area contributed by atoms with E-state index in [1.165, 1.54) is 0 Å². The molecule has 132 valence electrons. The number of ether oxygens (including phenoxy) is 1. The van der Waals surface area contributed by atoms with Crippen molar-refractivity contribution in [3.63, 3.8) is 0 Å². The van der Waals surface area contributed by atoms with Crippen LogP contribution in [0, 0.1) is 18.6 Å². The first-order chi connectivity index (χ1) is 11.9. The van der Waals surface area contributed by atoms with Crippen LogP contribution >= 0.6 is 11.6 Å². The highest BCUT2D eigenvalue weighted by molar-refractivity contribution is 6.30. The van der Waals surface area contributed by atoms with E-state index in [1.807, 2.05) is 0 Å². The second-order valence-corrected chi connectivity index (χ2v) is 5.80. The van der Waals surface area contributed by atoms with E-state index in [2.05, 4.69) is 5.32 Å². The lowest BCUT2D eigenvalue weighted by molar-refractivity contribution is -0.134. The molecule has 0 fully saturated rings. The van der Waals surface area contributed by atoms with E-state index in [9.17, 15) is 18.4 Å². The minimum Gasteiger partial charge on any atom is -0.426 e. The first kappa shape index (κ1) is 18.9. The van der Waals surface area contributed by atoms with Crippen molar-refractivity contribution < 1.29 is 23.1 Å². The molecule has 0 radical (unpaired) electrons. The van der Waals surface area contributed by atoms with Crippen molar-refractivity contribution in [1.82, 2.24) is 5.32 Å². The van der Waals surface area contributed by atoms with Crippen LogP contribution in [0.5, 0.6) is 5.75 Å². The summed E-state index contributed by atoms with van der Waals surface area (Å²) in [5, 5.41) is 3.02. The molecule has 2 rings (SSSR count). The van der Waals surface area contributed by atoms with E-state index < -0.39 is 23.5 Å². The van der Waals surface area contributed by atoms with Gasteiger partial charge in [0.25, 0.3) is 5.91 Å². The van der Waals surface area contributed by atoms with Crippen molar-refractivity contribution in [2.24, 2.45) is 0 Å². The van der Waals surface area contributed by atoms with Gasteiger partial charge in [-0.25, -0.2) is 8.78 Å². The molecule has 0 aliphatic heterocycles. The van der Waals surface area contributed by atoms with Crippen molar-refractivity contribution in [3.8, 4) is 5.75 Å². The van der Waals surface area contributed by atoms with Gasteiger partial charge in [0.2, 0.25) is 0 Å². The molecule has 0 spiro atoms. The number of hydrogen-bond acceptors (Lipinski definition) is 3. The summed E-state index contributed by atoms with van der Waals surface area (Å²) >= 11 is 5.83. The number of hydrogen-bond donors (Lipinski definition) is 1. The number of rotatable bonds is 6. The molecule has 1 amide bonds. The quantitative estimate of drug-likeness (QED) is 0.476. The summed E-state index contributed by atoms with van der Waals surface area (Å²) in [6.45, 7) is 1.93. The first-order valence-electron chi connectivity index (χ1n) is 7.57. The van der Waals surface area contributed by atoms with Gasteiger partial charge < -0.3 is 10.1 Å². The first-order valence-corrected chi connectivity index (χ1v) is 7.94. The zero-order valence-corrected chi connectivity index (χ0v) is 14.2. The maximum atomic E-state index is 13.5. The zero-order chi connectivity index (χ0) is 18.4. The Bertz CT molecular complexity index is 796. The van der Waals surface area contributed by atoms with Crippen molar-refractivity contribution in [1.29, 1.82) is 0 Å². The summed E-state index contributed by atoms with van der Waals surface area (Å²) in [5.74, 6) is -2.39. The molecular formula is C18H16ClF2NO3. The molecule has 0 aliphatic carbocycles. The highest BCUT2D eigenvalue weighted by Crippen LogP contribution is 2.22. The number of aryl methyl sites for hydroxylation is 1. The highest BCUT2D eigenvalue weighted by Gasteiger charge is 2.12. The van der Waals surface area contributed by atoms with E-state index in [0.717, 1.165) is 17.7 Å². The van der Waals surface area contributed by atoms with Crippen LogP contribution < -0.4 is 10.1 Å². The number of benzene rings is 2. The number of carbonyl (C=O) groups is 2. The molecule has 0 aromatic heterocycles. The van der Waals surface area contributed by atoms with Crippen LogP contribution in [-0.4, -0.2) is 18.4 Å². The SMILES string of the molecule is Cc1cc(Cl)ccc1OC(=O)CCCNC(=O)c1ccc(F)cc1F. The molecule has 2 aromatic rings. The van der Waals surface area contributed by atoms with Gasteiger partial charge in [0.15, 0.2) is 0 Å². The minimum atomic E-state index is -0.935. The van der Waals surface area contributed by atoms with Gasteiger partial charge in [0.05, 0.1) is 5.56 Å². The summed E-state index contributed by atoms with van der Waals surface area (Å²) in [6, 6.07) is 7.62. The second-order valence-electron chi connectivity index (χ2n) is 5.37. The van der Waals surface area contributed by atoms with Crippen LogP contribution in [0.25, 0.3) is 0 Å². The third kappa shape index (κ3) is 5.53. The Balaban J connectivity index is 1.76. The van der Waals surface area contributed by atoms with Gasteiger partial charge >= 0.3 is 5.97 Å². The molecule has 0 bridgehead atoms.